The Kier molecular flexibility index (Phi) is 9.40. The number of amides is 1. The summed E-state index contributed by atoms with van der Waals surface area (Å²) in [6.45, 7) is 4.63. The van der Waals surface area contributed by atoms with Crippen LogP contribution in [0.4, 0.5) is 5.13 Å². The van der Waals surface area contributed by atoms with Crippen LogP contribution in [0.15, 0.2) is 83.8 Å². The molecule has 3 aromatic carbocycles. The molecule has 188 valence electrons. The first kappa shape index (κ1) is 26.6. The van der Waals surface area contributed by atoms with Crippen LogP contribution in [0.3, 0.4) is 0 Å². The lowest BCUT2D eigenvalue weighted by atomic mass is 9.90. The highest BCUT2D eigenvalue weighted by atomic mass is 35.5. The molecule has 8 heteroatoms. The largest absolute Gasteiger partial charge is 0.379 e. The highest BCUT2D eigenvalue weighted by Crippen LogP contribution is 2.36. The number of carbonyl (C=O) groups is 1. The first-order chi connectivity index (χ1) is 17.2. The second kappa shape index (κ2) is 12.7. The van der Waals surface area contributed by atoms with Gasteiger partial charge in [0.15, 0.2) is 5.13 Å². The summed E-state index contributed by atoms with van der Waals surface area (Å²) in [7, 11) is 0. The van der Waals surface area contributed by atoms with Crippen molar-refractivity contribution in [3.63, 3.8) is 0 Å². The van der Waals surface area contributed by atoms with Crippen LogP contribution in [0, 0.1) is 0 Å². The van der Waals surface area contributed by atoms with E-state index in [0.717, 1.165) is 64.2 Å². The van der Waals surface area contributed by atoms with Gasteiger partial charge in [-0.2, -0.15) is 0 Å². The predicted octanol–water partition coefficient (Wildman–Crippen LogP) is 5.94. The van der Waals surface area contributed by atoms with Crippen LogP contribution in [0.5, 0.6) is 0 Å². The van der Waals surface area contributed by atoms with E-state index in [-0.39, 0.29) is 18.3 Å². The number of hydrogen-bond donors (Lipinski definition) is 0. The third kappa shape index (κ3) is 5.93. The lowest BCUT2D eigenvalue weighted by Gasteiger charge is -2.31. The third-order valence-corrected chi connectivity index (χ3v) is 8.16. The van der Waals surface area contributed by atoms with Gasteiger partial charge in [0.2, 0.25) is 5.91 Å². The zero-order valence-corrected chi connectivity index (χ0v) is 22.7. The van der Waals surface area contributed by atoms with Crippen LogP contribution >= 0.6 is 35.5 Å². The molecule has 1 aliphatic heterocycles. The van der Waals surface area contributed by atoms with Crippen LogP contribution in [-0.4, -0.2) is 61.4 Å². The normalized spacial score (nSPS) is 14.1. The fourth-order valence-corrected chi connectivity index (χ4v) is 6.13. The standard InChI is InChI=1S/C28H29N3O2S2.ClH/c1-34-23-13-8-14-24-26(23)29-28(35-24)31(16-15-30-17-19-33-20-18-30)27(32)25(21-9-4-2-5-10-21)22-11-6-3-7-12-22;/h2-14,25H,15-20H2,1H3;1H. The van der Waals surface area contributed by atoms with Crippen molar-refractivity contribution in [1.82, 2.24) is 9.88 Å². The van der Waals surface area contributed by atoms with Gasteiger partial charge in [0.25, 0.3) is 0 Å². The quantitative estimate of drug-likeness (QED) is 0.259. The summed E-state index contributed by atoms with van der Waals surface area (Å²) >= 11 is 3.28. The highest BCUT2D eigenvalue weighted by molar-refractivity contribution is 7.98. The molecule has 5 rings (SSSR count). The number of nitrogens with zero attached hydrogens (tertiary/aromatic N) is 3. The average molecular weight is 540 g/mol. The molecule has 1 amide bonds. The Bertz CT molecular complexity index is 1220. The number of para-hydroxylation sites is 1. The number of thioether (sulfide) groups is 1. The van der Waals surface area contributed by atoms with Gasteiger partial charge in [0, 0.05) is 31.1 Å². The number of aromatic nitrogens is 1. The molecule has 0 unspecified atom stereocenters. The molecule has 1 aromatic heterocycles. The van der Waals surface area contributed by atoms with Crippen molar-refractivity contribution in [2.45, 2.75) is 10.8 Å². The summed E-state index contributed by atoms with van der Waals surface area (Å²) in [6.07, 6.45) is 2.07. The first-order valence-electron chi connectivity index (χ1n) is 11.9. The van der Waals surface area contributed by atoms with Gasteiger partial charge in [-0.1, -0.05) is 78.1 Å². The Morgan fingerprint density at radius 2 is 1.64 bits per heavy atom. The van der Waals surface area contributed by atoms with Crippen LogP contribution in [-0.2, 0) is 9.53 Å². The number of hydrogen-bond acceptors (Lipinski definition) is 6. The molecule has 1 aliphatic rings. The lowest BCUT2D eigenvalue weighted by molar-refractivity contribution is -0.119. The van der Waals surface area contributed by atoms with Gasteiger partial charge >= 0.3 is 0 Å². The number of rotatable bonds is 8. The smallest absolute Gasteiger partial charge is 0.240 e. The van der Waals surface area contributed by atoms with Gasteiger partial charge in [-0.3, -0.25) is 14.6 Å². The Labute approximate surface area is 226 Å². The molecule has 2 heterocycles. The second-order valence-electron chi connectivity index (χ2n) is 8.50. The van der Waals surface area contributed by atoms with Gasteiger partial charge in [-0.05, 0) is 29.5 Å². The summed E-state index contributed by atoms with van der Waals surface area (Å²) in [6, 6.07) is 26.4. The van der Waals surface area contributed by atoms with Crippen molar-refractivity contribution < 1.29 is 9.53 Å². The number of ether oxygens (including phenoxy) is 1. The summed E-state index contributed by atoms with van der Waals surface area (Å²) < 4.78 is 6.63. The third-order valence-electron chi connectivity index (χ3n) is 6.34. The molecule has 0 saturated carbocycles. The van der Waals surface area contributed by atoms with Gasteiger partial charge in [0.05, 0.1) is 29.3 Å². The van der Waals surface area contributed by atoms with E-state index in [2.05, 4.69) is 29.4 Å². The van der Waals surface area contributed by atoms with Crippen molar-refractivity contribution in [2.75, 3.05) is 50.5 Å². The zero-order chi connectivity index (χ0) is 24.0. The molecule has 5 nitrogen and oxygen atoms in total. The Balaban J connectivity index is 0.00000304. The SMILES string of the molecule is CSc1cccc2sc(N(CCN3CCOCC3)C(=O)C(c3ccccc3)c3ccccc3)nc12.Cl. The number of morpholine rings is 1. The Hall–Kier alpha value is -2.42. The maximum absolute atomic E-state index is 14.4. The number of carbonyl (C=O) groups excluding carboxylic acids is 1. The van der Waals surface area contributed by atoms with E-state index in [1.807, 2.05) is 65.6 Å². The van der Waals surface area contributed by atoms with E-state index in [9.17, 15) is 4.79 Å². The highest BCUT2D eigenvalue weighted by Gasteiger charge is 2.30. The van der Waals surface area contributed by atoms with Crippen LogP contribution < -0.4 is 4.90 Å². The summed E-state index contributed by atoms with van der Waals surface area (Å²) in [4.78, 5) is 24.8. The molecular weight excluding hydrogens is 510 g/mol. The van der Waals surface area contributed by atoms with E-state index in [1.54, 1.807) is 23.1 Å². The molecular formula is C28H30ClN3O2S2. The molecule has 0 atom stereocenters. The molecule has 0 aliphatic carbocycles. The summed E-state index contributed by atoms with van der Waals surface area (Å²) in [5, 5.41) is 0.761. The van der Waals surface area contributed by atoms with Crippen molar-refractivity contribution >= 4 is 56.8 Å². The minimum Gasteiger partial charge on any atom is -0.379 e. The minimum atomic E-state index is -0.394. The molecule has 0 bridgehead atoms. The zero-order valence-electron chi connectivity index (χ0n) is 20.2. The van der Waals surface area contributed by atoms with Crippen LogP contribution in [0.2, 0.25) is 0 Å². The Morgan fingerprint density at radius 3 is 2.25 bits per heavy atom. The molecule has 0 radical (unpaired) electrons. The number of halogens is 1. The van der Waals surface area contributed by atoms with Crippen molar-refractivity contribution in [2.24, 2.45) is 0 Å². The van der Waals surface area contributed by atoms with Gasteiger partial charge in [-0.15, -0.1) is 24.2 Å². The first-order valence-corrected chi connectivity index (χ1v) is 13.9. The van der Waals surface area contributed by atoms with Crippen molar-refractivity contribution in [3.05, 3.63) is 90.0 Å². The fraction of sp³-hybridized carbons (Fsp3) is 0.286. The summed E-state index contributed by atoms with van der Waals surface area (Å²) in [5.41, 5.74) is 2.96. The molecule has 1 saturated heterocycles. The molecule has 4 aromatic rings. The summed E-state index contributed by atoms with van der Waals surface area (Å²) in [5.74, 6) is -0.338. The molecule has 36 heavy (non-hydrogen) atoms. The maximum atomic E-state index is 14.4. The van der Waals surface area contributed by atoms with E-state index >= 15 is 0 Å². The number of fused-ring (bicyclic) bond motifs is 1. The lowest BCUT2D eigenvalue weighted by Crippen LogP contribution is -2.44. The fourth-order valence-electron chi connectivity index (χ4n) is 4.48. The second-order valence-corrected chi connectivity index (χ2v) is 10.4. The Morgan fingerprint density at radius 1 is 1.00 bits per heavy atom. The van der Waals surface area contributed by atoms with Crippen molar-refractivity contribution in [3.8, 4) is 0 Å². The van der Waals surface area contributed by atoms with Crippen molar-refractivity contribution in [1.29, 1.82) is 0 Å². The molecule has 1 fully saturated rings. The molecule has 0 spiro atoms. The van der Waals surface area contributed by atoms with E-state index in [1.165, 1.54) is 0 Å². The molecule has 0 N–H and O–H groups in total. The number of benzene rings is 3. The number of thiazole rings is 1. The topological polar surface area (TPSA) is 45.7 Å². The van der Waals surface area contributed by atoms with Gasteiger partial charge in [0.1, 0.15) is 0 Å². The predicted molar refractivity (Wildman–Crippen MR) is 153 cm³/mol. The minimum absolute atomic E-state index is 0. The van der Waals surface area contributed by atoms with E-state index in [4.69, 9.17) is 9.72 Å². The number of anilines is 1. The van der Waals surface area contributed by atoms with Crippen LogP contribution in [0.25, 0.3) is 10.2 Å². The van der Waals surface area contributed by atoms with E-state index in [0.29, 0.717) is 6.54 Å². The monoisotopic (exact) mass is 539 g/mol. The van der Waals surface area contributed by atoms with E-state index < -0.39 is 5.92 Å². The van der Waals surface area contributed by atoms with Crippen LogP contribution in [0.1, 0.15) is 17.0 Å². The maximum Gasteiger partial charge on any atom is 0.240 e. The van der Waals surface area contributed by atoms with Gasteiger partial charge in [-0.25, -0.2) is 4.98 Å². The average Bonchev–Trinajstić information content (AvgIpc) is 3.35. The van der Waals surface area contributed by atoms with Gasteiger partial charge < -0.3 is 4.74 Å².